The summed E-state index contributed by atoms with van der Waals surface area (Å²) in [6.45, 7) is 1.79. The van der Waals surface area contributed by atoms with Gasteiger partial charge in [0.05, 0.1) is 11.6 Å². The van der Waals surface area contributed by atoms with Crippen LogP contribution in [-0.4, -0.2) is 72.4 Å². The van der Waals surface area contributed by atoms with Gasteiger partial charge in [-0.05, 0) is 30.5 Å². The summed E-state index contributed by atoms with van der Waals surface area (Å²) in [4.78, 5) is 39.4. The highest BCUT2D eigenvalue weighted by Crippen LogP contribution is 2.35. The van der Waals surface area contributed by atoms with E-state index in [1.54, 1.807) is 24.1 Å². The number of halogens is 1. The maximum Gasteiger partial charge on any atom is 0.227 e. The maximum absolute atomic E-state index is 13.4. The Morgan fingerprint density at radius 1 is 1.16 bits per heavy atom. The highest BCUT2D eigenvalue weighted by atomic mass is 19.1. The molecular weight excluding hydrogens is 397 g/mol. The molecule has 8 heteroatoms. The van der Waals surface area contributed by atoms with E-state index in [1.165, 1.54) is 12.1 Å². The van der Waals surface area contributed by atoms with Gasteiger partial charge >= 0.3 is 0 Å². The largest absolute Gasteiger partial charge is 0.347 e. The van der Waals surface area contributed by atoms with Gasteiger partial charge < -0.3 is 14.7 Å². The smallest absolute Gasteiger partial charge is 0.227 e. The number of rotatable bonds is 4. The Bertz CT molecular complexity index is 970. The fourth-order valence-electron chi connectivity index (χ4n) is 4.42. The molecule has 0 saturated carbocycles. The molecule has 2 aliphatic heterocycles. The topological polar surface area (TPSA) is 69.6 Å². The van der Waals surface area contributed by atoms with Crippen LogP contribution < -0.4 is 4.90 Å². The van der Waals surface area contributed by atoms with Crippen LogP contribution in [0.5, 0.6) is 0 Å². The number of carbonyl (C=O) groups is 2. The molecule has 2 fully saturated rings. The van der Waals surface area contributed by atoms with Crippen LogP contribution in [0.25, 0.3) is 11.1 Å². The summed E-state index contributed by atoms with van der Waals surface area (Å²) in [5.41, 5.74) is 2.72. The number of amides is 2. The molecule has 1 aromatic carbocycles. The summed E-state index contributed by atoms with van der Waals surface area (Å²) in [5.74, 6) is 0.411. The highest BCUT2D eigenvalue weighted by molar-refractivity contribution is 5.89. The second-order valence-electron chi connectivity index (χ2n) is 8.65. The summed E-state index contributed by atoms with van der Waals surface area (Å²) in [6, 6.07) is 6.39. The van der Waals surface area contributed by atoms with Crippen LogP contribution in [-0.2, 0) is 9.59 Å². The van der Waals surface area contributed by atoms with Gasteiger partial charge in [-0.3, -0.25) is 9.59 Å². The lowest BCUT2D eigenvalue weighted by atomic mass is 9.88. The summed E-state index contributed by atoms with van der Waals surface area (Å²) < 4.78 is 13.4. The predicted octanol–water partition coefficient (Wildman–Crippen LogP) is 2.53. The average molecular weight is 426 g/mol. The van der Waals surface area contributed by atoms with E-state index in [0.717, 1.165) is 29.7 Å². The van der Waals surface area contributed by atoms with Crippen molar-refractivity contribution in [2.75, 3.05) is 45.7 Å². The molecule has 2 aromatic rings. The molecular formula is C23H28FN5O2. The Kier molecular flexibility index (Phi) is 5.89. The minimum absolute atomic E-state index is 0.0365. The summed E-state index contributed by atoms with van der Waals surface area (Å²) in [5, 5.41) is 0. The van der Waals surface area contributed by atoms with Gasteiger partial charge in [0.1, 0.15) is 5.82 Å². The van der Waals surface area contributed by atoms with E-state index in [1.807, 2.05) is 30.1 Å². The van der Waals surface area contributed by atoms with Crippen molar-refractivity contribution in [2.24, 2.45) is 5.92 Å². The van der Waals surface area contributed by atoms with E-state index in [2.05, 4.69) is 4.98 Å². The lowest BCUT2D eigenvalue weighted by Crippen LogP contribution is -2.42. The van der Waals surface area contributed by atoms with E-state index in [9.17, 15) is 14.0 Å². The van der Waals surface area contributed by atoms with Gasteiger partial charge in [0, 0.05) is 64.9 Å². The van der Waals surface area contributed by atoms with Crippen LogP contribution in [0.15, 0.2) is 30.5 Å². The van der Waals surface area contributed by atoms with Gasteiger partial charge in [-0.15, -0.1) is 0 Å². The Morgan fingerprint density at radius 2 is 1.84 bits per heavy atom. The molecule has 31 heavy (non-hydrogen) atoms. The van der Waals surface area contributed by atoms with Crippen molar-refractivity contribution in [3.05, 3.63) is 42.0 Å². The van der Waals surface area contributed by atoms with E-state index in [4.69, 9.17) is 4.98 Å². The number of nitrogens with zero attached hydrogens (tertiary/aromatic N) is 5. The standard InChI is InChI=1S/C23H28FN5O2/c1-27(2)23-25-13-19(15-4-6-18(24)7-5-15)21(26-23)16-8-10-29(11-9-16)22(31)17-12-20(30)28(3)14-17/h4-7,13,16-17H,8-12,14H2,1-3H3/t17-/m1/s1. The molecule has 2 aliphatic rings. The van der Waals surface area contributed by atoms with Crippen LogP contribution >= 0.6 is 0 Å². The van der Waals surface area contributed by atoms with Gasteiger partial charge in [0.2, 0.25) is 17.8 Å². The number of carbonyl (C=O) groups excluding carboxylic acids is 2. The van der Waals surface area contributed by atoms with Crippen molar-refractivity contribution in [1.29, 1.82) is 0 Å². The highest BCUT2D eigenvalue weighted by Gasteiger charge is 2.36. The van der Waals surface area contributed by atoms with E-state index in [-0.39, 0.29) is 29.5 Å². The molecule has 1 aromatic heterocycles. The maximum atomic E-state index is 13.4. The number of anilines is 1. The molecule has 0 radical (unpaired) electrons. The number of hydrogen-bond donors (Lipinski definition) is 0. The van der Waals surface area contributed by atoms with Gasteiger partial charge in [-0.1, -0.05) is 12.1 Å². The first-order valence-electron chi connectivity index (χ1n) is 10.7. The molecule has 0 bridgehead atoms. The Morgan fingerprint density at radius 3 is 2.42 bits per heavy atom. The average Bonchev–Trinajstić information content (AvgIpc) is 3.12. The van der Waals surface area contributed by atoms with Crippen LogP contribution in [0.1, 0.15) is 30.9 Å². The first kappa shape index (κ1) is 21.2. The van der Waals surface area contributed by atoms with Gasteiger partial charge in [-0.2, -0.15) is 0 Å². The van der Waals surface area contributed by atoms with E-state index >= 15 is 0 Å². The third-order valence-electron chi connectivity index (χ3n) is 6.24. The fourth-order valence-corrected chi connectivity index (χ4v) is 4.42. The second kappa shape index (κ2) is 8.61. The predicted molar refractivity (Wildman–Crippen MR) is 116 cm³/mol. The van der Waals surface area contributed by atoms with Gasteiger partial charge in [-0.25, -0.2) is 14.4 Å². The quantitative estimate of drug-likeness (QED) is 0.753. The molecule has 3 heterocycles. The lowest BCUT2D eigenvalue weighted by Gasteiger charge is -2.34. The van der Waals surface area contributed by atoms with E-state index < -0.39 is 0 Å². The Balaban J connectivity index is 1.53. The van der Waals surface area contributed by atoms with Crippen LogP contribution in [0.3, 0.4) is 0 Å². The molecule has 0 aliphatic carbocycles. The summed E-state index contributed by atoms with van der Waals surface area (Å²) in [7, 11) is 5.55. The molecule has 0 unspecified atom stereocenters. The first-order valence-corrected chi connectivity index (χ1v) is 10.7. The number of aromatic nitrogens is 2. The number of piperidine rings is 1. The van der Waals surface area contributed by atoms with Crippen LogP contribution in [0.4, 0.5) is 10.3 Å². The molecule has 2 saturated heterocycles. The minimum atomic E-state index is -0.279. The Hall–Kier alpha value is -3.03. The van der Waals surface area contributed by atoms with Crippen molar-refractivity contribution in [3.8, 4) is 11.1 Å². The van der Waals surface area contributed by atoms with Crippen molar-refractivity contribution in [2.45, 2.75) is 25.2 Å². The Labute approximate surface area is 181 Å². The first-order chi connectivity index (χ1) is 14.8. The lowest BCUT2D eigenvalue weighted by molar-refractivity contribution is -0.136. The molecule has 0 spiro atoms. The fraction of sp³-hybridized carbons (Fsp3) is 0.478. The zero-order chi connectivity index (χ0) is 22.1. The monoisotopic (exact) mass is 425 g/mol. The molecule has 2 amide bonds. The third kappa shape index (κ3) is 4.38. The zero-order valence-corrected chi connectivity index (χ0v) is 18.2. The molecule has 1 atom stereocenters. The number of benzene rings is 1. The second-order valence-corrected chi connectivity index (χ2v) is 8.65. The zero-order valence-electron chi connectivity index (χ0n) is 18.2. The summed E-state index contributed by atoms with van der Waals surface area (Å²) in [6.07, 6.45) is 3.70. The third-order valence-corrected chi connectivity index (χ3v) is 6.24. The molecule has 164 valence electrons. The van der Waals surface area contributed by atoms with Gasteiger partial charge in [0.25, 0.3) is 0 Å². The SMILES string of the molecule is CN1C[C@H](C(=O)N2CCC(c3nc(N(C)C)ncc3-c3ccc(F)cc3)CC2)CC1=O. The molecule has 0 N–H and O–H groups in total. The van der Waals surface area contributed by atoms with Crippen LogP contribution in [0, 0.1) is 11.7 Å². The number of likely N-dealkylation sites (tertiary alicyclic amines) is 2. The number of hydrogen-bond acceptors (Lipinski definition) is 5. The van der Waals surface area contributed by atoms with Crippen molar-refractivity contribution in [1.82, 2.24) is 19.8 Å². The van der Waals surface area contributed by atoms with Crippen LogP contribution in [0.2, 0.25) is 0 Å². The summed E-state index contributed by atoms with van der Waals surface area (Å²) >= 11 is 0. The van der Waals surface area contributed by atoms with Crippen molar-refractivity contribution in [3.63, 3.8) is 0 Å². The van der Waals surface area contributed by atoms with Crippen molar-refractivity contribution < 1.29 is 14.0 Å². The van der Waals surface area contributed by atoms with Gasteiger partial charge in [0.15, 0.2) is 0 Å². The molecule has 4 rings (SSSR count). The van der Waals surface area contributed by atoms with Crippen molar-refractivity contribution >= 4 is 17.8 Å². The normalized spacial score (nSPS) is 19.7. The molecule has 7 nitrogen and oxygen atoms in total. The van der Waals surface area contributed by atoms with E-state index in [0.29, 0.717) is 32.0 Å². The minimum Gasteiger partial charge on any atom is -0.347 e.